The normalized spacial score (nSPS) is 19.4. The molecule has 4 nitrogen and oxygen atoms in total. The first-order valence-electron chi connectivity index (χ1n) is 6.21. The van der Waals surface area contributed by atoms with Crippen LogP contribution in [0.5, 0.6) is 0 Å². The van der Waals surface area contributed by atoms with Crippen LogP contribution in [0.15, 0.2) is 0 Å². The van der Waals surface area contributed by atoms with Gasteiger partial charge in [0.2, 0.25) is 10.0 Å². The Balaban J connectivity index is 2.23. The van der Waals surface area contributed by atoms with E-state index < -0.39 is 15.3 Å². The second-order valence-electron chi connectivity index (χ2n) is 4.78. The van der Waals surface area contributed by atoms with Gasteiger partial charge in [0.25, 0.3) is 0 Å². The summed E-state index contributed by atoms with van der Waals surface area (Å²) in [6.45, 7) is 2.01. The summed E-state index contributed by atoms with van der Waals surface area (Å²) in [5, 5.41) is -0.788. The fourth-order valence-electron chi connectivity index (χ4n) is 2.18. The predicted octanol–water partition coefficient (Wildman–Crippen LogP) is 1.55. The summed E-state index contributed by atoms with van der Waals surface area (Å²) in [5.74, 6) is 0.799. The van der Waals surface area contributed by atoms with Gasteiger partial charge in [0.05, 0.1) is 4.99 Å². The number of thiocarbonyl (C=S) groups is 1. The van der Waals surface area contributed by atoms with Crippen molar-refractivity contribution in [2.75, 3.05) is 6.54 Å². The van der Waals surface area contributed by atoms with Gasteiger partial charge in [-0.25, -0.2) is 13.1 Å². The second kappa shape index (κ2) is 6.66. The van der Waals surface area contributed by atoms with Crippen LogP contribution in [0.2, 0.25) is 0 Å². The van der Waals surface area contributed by atoms with Crippen LogP contribution in [-0.4, -0.2) is 25.2 Å². The molecular weight excluding hydrogens is 256 g/mol. The van der Waals surface area contributed by atoms with Gasteiger partial charge in [0.1, 0.15) is 5.25 Å². The van der Waals surface area contributed by atoms with Crippen molar-refractivity contribution in [3.8, 4) is 0 Å². The highest BCUT2D eigenvalue weighted by Crippen LogP contribution is 2.28. The molecule has 100 valence electrons. The summed E-state index contributed by atoms with van der Waals surface area (Å²) in [7, 11) is -3.37. The molecule has 1 saturated carbocycles. The van der Waals surface area contributed by atoms with E-state index in [1.54, 1.807) is 0 Å². The molecular formula is C11H22N2O2S2. The first kappa shape index (κ1) is 14.9. The van der Waals surface area contributed by atoms with E-state index in [1.807, 2.05) is 0 Å². The first-order valence-corrected chi connectivity index (χ1v) is 8.16. The number of sulfonamides is 1. The highest BCUT2D eigenvalue weighted by atomic mass is 32.2. The molecule has 0 aromatic carbocycles. The van der Waals surface area contributed by atoms with E-state index >= 15 is 0 Å². The Morgan fingerprint density at radius 2 is 2.06 bits per heavy atom. The molecule has 1 fully saturated rings. The van der Waals surface area contributed by atoms with Crippen molar-refractivity contribution in [1.82, 2.24) is 4.72 Å². The van der Waals surface area contributed by atoms with Gasteiger partial charge in [-0.05, 0) is 25.7 Å². The third-order valence-corrected chi connectivity index (χ3v) is 5.73. The van der Waals surface area contributed by atoms with Crippen molar-refractivity contribution in [3.63, 3.8) is 0 Å². The maximum atomic E-state index is 11.7. The van der Waals surface area contributed by atoms with E-state index in [0.29, 0.717) is 6.54 Å². The van der Waals surface area contributed by atoms with Crippen molar-refractivity contribution < 1.29 is 8.42 Å². The maximum Gasteiger partial charge on any atom is 0.220 e. The Hall–Kier alpha value is -0.200. The average molecular weight is 278 g/mol. The topological polar surface area (TPSA) is 72.2 Å². The largest absolute Gasteiger partial charge is 0.392 e. The van der Waals surface area contributed by atoms with Gasteiger partial charge in [0, 0.05) is 6.54 Å². The third kappa shape index (κ3) is 4.89. The quantitative estimate of drug-likeness (QED) is 0.547. The maximum absolute atomic E-state index is 11.7. The van der Waals surface area contributed by atoms with Crippen LogP contribution in [-0.2, 0) is 10.0 Å². The molecule has 1 rings (SSSR count). The smallest absolute Gasteiger partial charge is 0.220 e. The Bertz CT molecular complexity index is 348. The summed E-state index contributed by atoms with van der Waals surface area (Å²) in [5.41, 5.74) is 5.34. The Kier molecular flexibility index (Phi) is 5.82. The van der Waals surface area contributed by atoms with Crippen LogP contribution in [0.3, 0.4) is 0 Å². The lowest BCUT2D eigenvalue weighted by molar-refractivity contribution is 0.480. The zero-order valence-corrected chi connectivity index (χ0v) is 11.9. The van der Waals surface area contributed by atoms with Crippen molar-refractivity contribution in [1.29, 1.82) is 0 Å². The molecule has 0 heterocycles. The molecule has 0 radical (unpaired) electrons. The lowest BCUT2D eigenvalue weighted by atomic mass is 10.0. The minimum absolute atomic E-state index is 0.0216. The molecule has 0 aromatic rings. The molecule has 0 aliphatic heterocycles. The van der Waals surface area contributed by atoms with Crippen molar-refractivity contribution in [2.24, 2.45) is 11.7 Å². The van der Waals surface area contributed by atoms with Crippen LogP contribution in [0.4, 0.5) is 0 Å². The zero-order chi connectivity index (χ0) is 12.9. The van der Waals surface area contributed by atoms with E-state index in [4.69, 9.17) is 18.0 Å². The molecule has 0 aromatic heterocycles. The van der Waals surface area contributed by atoms with Gasteiger partial charge in [-0.15, -0.1) is 0 Å². The average Bonchev–Trinajstić information content (AvgIpc) is 2.76. The van der Waals surface area contributed by atoms with Crippen LogP contribution in [0.1, 0.15) is 45.4 Å². The van der Waals surface area contributed by atoms with Crippen LogP contribution in [0.25, 0.3) is 0 Å². The Labute approximate surface area is 109 Å². The van der Waals surface area contributed by atoms with Gasteiger partial charge in [-0.1, -0.05) is 37.9 Å². The van der Waals surface area contributed by atoms with Crippen LogP contribution in [0, 0.1) is 5.92 Å². The SMILES string of the molecule is CC(C(N)=S)S(=O)(=O)NCCCC1CCCC1. The highest BCUT2D eigenvalue weighted by molar-refractivity contribution is 7.93. The minimum Gasteiger partial charge on any atom is -0.392 e. The van der Waals surface area contributed by atoms with Gasteiger partial charge >= 0.3 is 0 Å². The van der Waals surface area contributed by atoms with E-state index in [1.165, 1.54) is 32.6 Å². The summed E-state index contributed by atoms with van der Waals surface area (Å²) in [6, 6.07) is 0. The van der Waals surface area contributed by atoms with Gasteiger partial charge in [0.15, 0.2) is 0 Å². The molecule has 17 heavy (non-hydrogen) atoms. The lowest BCUT2D eigenvalue weighted by Gasteiger charge is -2.13. The van der Waals surface area contributed by atoms with E-state index in [-0.39, 0.29) is 4.99 Å². The lowest BCUT2D eigenvalue weighted by Crippen LogP contribution is -2.40. The van der Waals surface area contributed by atoms with E-state index in [9.17, 15) is 8.42 Å². The highest BCUT2D eigenvalue weighted by Gasteiger charge is 2.22. The first-order chi connectivity index (χ1) is 7.93. The number of rotatable bonds is 7. The van der Waals surface area contributed by atoms with E-state index in [2.05, 4.69) is 4.72 Å². The summed E-state index contributed by atoms with van der Waals surface area (Å²) < 4.78 is 25.9. The predicted molar refractivity (Wildman–Crippen MR) is 74.4 cm³/mol. The van der Waals surface area contributed by atoms with Gasteiger partial charge < -0.3 is 5.73 Å². The Morgan fingerprint density at radius 3 is 2.59 bits per heavy atom. The van der Waals surface area contributed by atoms with Crippen LogP contribution < -0.4 is 10.5 Å². The molecule has 6 heteroatoms. The third-order valence-electron chi connectivity index (χ3n) is 3.43. The molecule has 0 spiro atoms. The number of nitrogens with one attached hydrogen (secondary N) is 1. The number of nitrogens with two attached hydrogens (primary N) is 1. The van der Waals surface area contributed by atoms with Crippen molar-refractivity contribution in [2.45, 2.75) is 50.7 Å². The van der Waals surface area contributed by atoms with Gasteiger partial charge in [-0.2, -0.15) is 0 Å². The second-order valence-corrected chi connectivity index (χ2v) is 7.33. The molecule has 1 atom stereocenters. The molecule has 1 unspecified atom stereocenters. The summed E-state index contributed by atoms with van der Waals surface area (Å²) >= 11 is 4.69. The number of hydrogen-bond acceptors (Lipinski definition) is 3. The fraction of sp³-hybridized carbons (Fsp3) is 0.909. The molecule has 0 bridgehead atoms. The standard InChI is InChI=1S/C11H22N2O2S2/c1-9(11(12)16)17(14,15)13-8-4-7-10-5-2-3-6-10/h9-10,13H,2-8H2,1H3,(H2,12,16). The van der Waals surface area contributed by atoms with E-state index in [0.717, 1.165) is 18.8 Å². The molecule has 3 N–H and O–H groups in total. The summed E-state index contributed by atoms with van der Waals surface area (Å²) in [6.07, 6.45) is 7.27. The monoisotopic (exact) mass is 278 g/mol. The molecule has 1 aliphatic rings. The van der Waals surface area contributed by atoms with Gasteiger partial charge in [-0.3, -0.25) is 0 Å². The summed E-state index contributed by atoms with van der Waals surface area (Å²) in [4.78, 5) is 0.0216. The fourth-order valence-corrected chi connectivity index (χ4v) is 3.55. The van der Waals surface area contributed by atoms with Crippen molar-refractivity contribution >= 4 is 27.2 Å². The van der Waals surface area contributed by atoms with Crippen molar-refractivity contribution in [3.05, 3.63) is 0 Å². The van der Waals surface area contributed by atoms with Crippen LogP contribution >= 0.6 is 12.2 Å². The molecule has 0 amide bonds. The minimum atomic E-state index is -3.37. The molecule has 0 saturated heterocycles. The Morgan fingerprint density at radius 1 is 1.47 bits per heavy atom. The number of hydrogen-bond donors (Lipinski definition) is 2. The molecule has 1 aliphatic carbocycles. The zero-order valence-electron chi connectivity index (χ0n) is 10.3.